The molecule has 0 aromatic heterocycles. The minimum atomic E-state index is -0.0282. The van der Waals surface area contributed by atoms with E-state index >= 15 is 0 Å². The Morgan fingerprint density at radius 3 is 2.81 bits per heavy atom. The Balaban J connectivity index is 1.64. The van der Waals surface area contributed by atoms with Crippen LogP contribution in [0.2, 0.25) is 0 Å². The number of carbonyl (C=O) groups is 1. The molecular weight excluding hydrogens is 330 g/mol. The first-order chi connectivity index (χ1) is 10.2. The number of amides is 1. The monoisotopic (exact) mass is 353 g/mol. The SMILES string of the molecule is Cc1ccc(C(=O)NCCCOC2CCCCC2)c(Br)c1. The average Bonchev–Trinajstić information content (AvgIpc) is 2.47. The van der Waals surface area contributed by atoms with Gasteiger partial charge in [0, 0.05) is 17.6 Å². The summed E-state index contributed by atoms with van der Waals surface area (Å²) in [5.41, 5.74) is 1.83. The van der Waals surface area contributed by atoms with Gasteiger partial charge in [0.15, 0.2) is 0 Å². The molecule has 4 heteroatoms. The summed E-state index contributed by atoms with van der Waals surface area (Å²) >= 11 is 3.44. The van der Waals surface area contributed by atoms with Crippen LogP contribution in [-0.2, 0) is 4.74 Å². The molecule has 21 heavy (non-hydrogen) atoms. The van der Waals surface area contributed by atoms with E-state index in [4.69, 9.17) is 4.74 Å². The lowest BCUT2D eigenvalue weighted by molar-refractivity contribution is 0.0273. The van der Waals surface area contributed by atoms with Gasteiger partial charge in [-0.15, -0.1) is 0 Å². The largest absolute Gasteiger partial charge is 0.378 e. The van der Waals surface area contributed by atoms with Gasteiger partial charge in [-0.25, -0.2) is 0 Å². The van der Waals surface area contributed by atoms with Gasteiger partial charge in [0.1, 0.15) is 0 Å². The van der Waals surface area contributed by atoms with E-state index in [1.165, 1.54) is 32.1 Å². The summed E-state index contributed by atoms with van der Waals surface area (Å²) in [5.74, 6) is -0.0282. The van der Waals surface area contributed by atoms with Crippen molar-refractivity contribution in [2.45, 2.75) is 51.6 Å². The van der Waals surface area contributed by atoms with Gasteiger partial charge >= 0.3 is 0 Å². The molecule has 116 valence electrons. The molecule has 0 radical (unpaired) electrons. The normalized spacial score (nSPS) is 15.9. The Kier molecular flexibility index (Phi) is 6.71. The van der Waals surface area contributed by atoms with Crippen molar-refractivity contribution < 1.29 is 9.53 Å². The van der Waals surface area contributed by atoms with Crippen LogP contribution in [-0.4, -0.2) is 25.2 Å². The van der Waals surface area contributed by atoms with E-state index in [2.05, 4.69) is 21.2 Å². The zero-order valence-corrected chi connectivity index (χ0v) is 14.2. The lowest BCUT2D eigenvalue weighted by atomic mass is 9.98. The highest BCUT2D eigenvalue weighted by Gasteiger charge is 2.13. The van der Waals surface area contributed by atoms with Crippen molar-refractivity contribution in [3.8, 4) is 0 Å². The van der Waals surface area contributed by atoms with Gasteiger partial charge in [-0.3, -0.25) is 4.79 Å². The number of benzene rings is 1. The van der Waals surface area contributed by atoms with Crippen molar-refractivity contribution in [1.82, 2.24) is 5.32 Å². The maximum atomic E-state index is 12.1. The van der Waals surface area contributed by atoms with Crippen LogP contribution in [0, 0.1) is 6.92 Å². The second kappa shape index (κ2) is 8.54. The van der Waals surface area contributed by atoms with Crippen molar-refractivity contribution in [1.29, 1.82) is 0 Å². The fraction of sp³-hybridized carbons (Fsp3) is 0.588. The lowest BCUT2D eigenvalue weighted by Gasteiger charge is -2.21. The molecule has 1 amide bonds. The highest BCUT2D eigenvalue weighted by molar-refractivity contribution is 9.10. The number of nitrogens with one attached hydrogen (secondary N) is 1. The molecule has 1 fully saturated rings. The highest BCUT2D eigenvalue weighted by atomic mass is 79.9. The van der Waals surface area contributed by atoms with Crippen molar-refractivity contribution in [2.75, 3.05) is 13.2 Å². The van der Waals surface area contributed by atoms with Crippen LogP contribution >= 0.6 is 15.9 Å². The zero-order chi connectivity index (χ0) is 15.1. The molecule has 1 N–H and O–H groups in total. The predicted octanol–water partition coefficient (Wildman–Crippen LogP) is 4.23. The Bertz CT molecular complexity index is 470. The summed E-state index contributed by atoms with van der Waals surface area (Å²) in [6.45, 7) is 3.40. The van der Waals surface area contributed by atoms with Gasteiger partial charge in [-0.2, -0.15) is 0 Å². The lowest BCUT2D eigenvalue weighted by Crippen LogP contribution is -2.26. The molecule has 2 rings (SSSR count). The summed E-state index contributed by atoms with van der Waals surface area (Å²) in [7, 11) is 0. The third-order valence-corrected chi connectivity index (χ3v) is 4.54. The van der Waals surface area contributed by atoms with Crippen molar-refractivity contribution >= 4 is 21.8 Å². The first-order valence-corrected chi connectivity index (χ1v) is 8.62. The Labute approximate surface area is 135 Å². The molecule has 1 aliphatic rings. The second-order valence-corrected chi connectivity index (χ2v) is 6.58. The molecule has 0 spiro atoms. The summed E-state index contributed by atoms with van der Waals surface area (Å²) in [5, 5.41) is 2.95. The zero-order valence-electron chi connectivity index (χ0n) is 12.7. The van der Waals surface area contributed by atoms with Crippen LogP contribution in [0.25, 0.3) is 0 Å². The van der Waals surface area contributed by atoms with E-state index in [0.29, 0.717) is 18.2 Å². The topological polar surface area (TPSA) is 38.3 Å². The van der Waals surface area contributed by atoms with E-state index < -0.39 is 0 Å². The van der Waals surface area contributed by atoms with Gasteiger partial charge in [0.2, 0.25) is 0 Å². The minimum absolute atomic E-state index is 0.0282. The maximum absolute atomic E-state index is 12.1. The molecule has 1 aromatic carbocycles. The molecule has 3 nitrogen and oxygen atoms in total. The van der Waals surface area contributed by atoms with Crippen LogP contribution < -0.4 is 5.32 Å². The number of ether oxygens (including phenoxy) is 1. The van der Waals surface area contributed by atoms with Crippen LogP contribution in [0.5, 0.6) is 0 Å². The number of aryl methyl sites for hydroxylation is 1. The summed E-state index contributed by atoms with van der Waals surface area (Å²) in [6.07, 6.45) is 7.64. The summed E-state index contributed by atoms with van der Waals surface area (Å²) in [6, 6.07) is 5.76. The predicted molar refractivity (Wildman–Crippen MR) is 88.7 cm³/mol. The van der Waals surface area contributed by atoms with Crippen molar-refractivity contribution in [2.24, 2.45) is 0 Å². The molecular formula is C17H24BrNO2. The molecule has 0 bridgehead atoms. The van der Waals surface area contributed by atoms with Crippen LogP contribution in [0.15, 0.2) is 22.7 Å². The smallest absolute Gasteiger partial charge is 0.252 e. The molecule has 0 unspecified atom stereocenters. The molecule has 1 aromatic rings. The van der Waals surface area contributed by atoms with Crippen molar-refractivity contribution in [3.63, 3.8) is 0 Å². The first kappa shape index (κ1) is 16.5. The van der Waals surface area contributed by atoms with Gasteiger partial charge < -0.3 is 10.1 Å². The van der Waals surface area contributed by atoms with E-state index in [0.717, 1.165) is 23.1 Å². The van der Waals surface area contributed by atoms with Gasteiger partial charge in [-0.1, -0.05) is 25.3 Å². The molecule has 0 aliphatic heterocycles. The van der Waals surface area contributed by atoms with Gasteiger partial charge in [0.25, 0.3) is 5.91 Å². The Hall–Kier alpha value is -0.870. The third-order valence-electron chi connectivity index (χ3n) is 3.88. The van der Waals surface area contributed by atoms with Gasteiger partial charge in [0.05, 0.1) is 11.7 Å². The first-order valence-electron chi connectivity index (χ1n) is 7.83. The molecule has 0 saturated heterocycles. The molecule has 1 aliphatic carbocycles. The van der Waals surface area contributed by atoms with E-state index in [9.17, 15) is 4.79 Å². The van der Waals surface area contributed by atoms with Crippen LogP contribution in [0.4, 0.5) is 0 Å². The van der Waals surface area contributed by atoms with E-state index in [-0.39, 0.29) is 5.91 Å². The highest BCUT2D eigenvalue weighted by Crippen LogP contribution is 2.20. The quantitative estimate of drug-likeness (QED) is 0.777. The number of halogens is 1. The van der Waals surface area contributed by atoms with Crippen LogP contribution in [0.3, 0.4) is 0 Å². The summed E-state index contributed by atoms with van der Waals surface area (Å²) in [4.78, 5) is 12.1. The minimum Gasteiger partial charge on any atom is -0.378 e. The molecule has 0 heterocycles. The second-order valence-electron chi connectivity index (χ2n) is 5.72. The fourth-order valence-electron chi connectivity index (χ4n) is 2.66. The van der Waals surface area contributed by atoms with E-state index in [1.54, 1.807) is 0 Å². The summed E-state index contributed by atoms with van der Waals surface area (Å²) < 4.78 is 6.70. The Morgan fingerprint density at radius 2 is 2.10 bits per heavy atom. The van der Waals surface area contributed by atoms with Crippen molar-refractivity contribution in [3.05, 3.63) is 33.8 Å². The molecule has 1 saturated carbocycles. The standard InChI is InChI=1S/C17H24BrNO2/c1-13-8-9-15(16(18)12-13)17(20)19-10-5-11-21-14-6-3-2-4-7-14/h8-9,12,14H,2-7,10-11H2,1H3,(H,19,20). The third kappa shape index (κ3) is 5.44. The average molecular weight is 354 g/mol. The molecule has 0 atom stereocenters. The number of carbonyl (C=O) groups excluding carboxylic acids is 1. The van der Waals surface area contributed by atoms with Gasteiger partial charge in [-0.05, 0) is 59.8 Å². The van der Waals surface area contributed by atoms with Crippen LogP contribution in [0.1, 0.15) is 54.4 Å². The van der Waals surface area contributed by atoms with E-state index in [1.807, 2.05) is 25.1 Å². The number of hydrogen-bond acceptors (Lipinski definition) is 2. The fourth-order valence-corrected chi connectivity index (χ4v) is 3.33. The number of rotatable bonds is 6. The Morgan fingerprint density at radius 1 is 1.33 bits per heavy atom. The maximum Gasteiger partial charge on any atom is 0.252 e. The number of hydrogen-bond donors (Lipinski definition) is 1.